The molecule has 0 bridgehead atoms. The highest BCUT2D eigenvalue weighted by molar-refractivity contribution is 14.1. The van der Waals surface area contributed by atoms with Crippen molar-refractivity contribution in [3.8, 4) is 0 Å². The highest BCUT2D eigenvalue weighted by Crippen LogP contribution is 2.26. The third kappa shape index (κ3) is 3.06. The molecule has 4 nitrogen and oxygen atoms in total. The Morgan fingerprint density at radius 3 is 2.53 bits per heavy atom. The molecule has 100 valence electrons. The molecule has 1 aromatic heterocycles. The van der Waals surface area contributed by atoms with Crippen LogP contribution in [0.5, 0.6) is 0 Å². The van der Waals surface area contributed by atoms with Gasteiger partial charge in [-0.15, -0.1) is 0 Å². The summed E-state index contributed by atoms with van der Waals surface area (Å²) < 4.78 is 40.0. The van der Waals surface area contributed by atoms with E-state index < -0.39 is 17.5 Å². The third-order valence-corrected chi connectivity index (χ3v) is 2.94. The first-order valence-corrected chi connectivity index (χ1v) is 6.62. The largest absolute Gasteiger partial charge is 0.397 e. The number of hydrogen-bond acceptors (Lipinski definition) is 4. The number of nitrogens with one attached hydrogen (secondary N) is 1. The van der Waals surface area contributed by atoms with E-state index in [1.807, 2.05) is 22.6 Å². The average Bonchev–Trinajstić information content (AvgIpc) is 2.38. The second kappa shape index (κ2) is 5.59. The first-order valence-electron chi connectivity index (χ1n) is 5.10. The van der Waals surface area contributed by atoms with Crippen LogP contribution in [0.4, 0.5) is 30.4 Å². The second-order valence-corrected chi connectivity index (χ2v) is 4.36. The molecule has 0 aliphatic rings. The monoisotopic (exact) mass is 380 g/mol. The summed E-state index contributed by atoms with van der Waals surface area (Å²) in [4.78, 5) is 7.66. The van der Waals surface area contributed by atoms with Gasteiger partial charge in [-0.05, 0) is 0 Å². The first-order chi connectivity index (χ1) is 9.01. The lowest BCUT2D eigenvalue weighted by atomic mass is 10.2. The molecule has 0 saturated carbocycles. The maximum atomic E-state index is 13.5. The Labute approximate surface area is 120 Å². The van der Waals surface area contributed by atoms with Crippen LogP contribution in [-0.4, -0.2) is 9.97 Å². The minimum Gasteiger partial charge on any atom is -0.397 e. The van der Waals surface area contributed by atoms with Gasteiger partial charge in [0.2, 0.25) is 0 Å². The van der Waals surface area contributed by atoms with Gasteiger partial charge in [0.15, 0.2) is 23.3 Å². The molecule has 0 aliphatic heterocycles. The van der Waals surface area contributed by atoms with Crippen LogP contribution in [-0.2, 0) is 4.43 Å². The normalized spacial score (nSPS) is 10.5. The van der Waals surface area contributed by atoms with Crippen molar-refractivity contribution in [3.05, 3.63) is 41.6 Å². The molecule has 3 N–H and O–H groups in total. The summed E-state index contributed by atoms with van der Waals surface area (Å²) in [5.74, 6) is -2.60. The van der Waals surface area contributed by atoms with Gasteiger partial charge in [-0.1, -0.05) is 22.6 Å². The Hall–Kier alpha value is -1.58. The number of nitrogen functional groups attached to an aromatic ring is 1. The van der Waals surface area contributed by atoms with Crippen LogP contribution in [0.15, 0.2) is 18.3 Å². The van der Waals surface area contributed by atoms with E-state index in [4.69, 9.17) is 5.73 Å². The van der Waals surface area contributed by atoms with Crippen molar-refractivity contribution >= 4 is 39.8 Å². The number of nitrogens with zero attached hydrogens (tertiary/aromatic N) is 2. The van der Waals surface area contributed by atoms with E-state index in [0.29, 0.717) is 10.3 Å². The Balaban J connectivity index is 2.38. The molecule has 0 aliphatic carbocycles. The predicted octanol–water partition coefficient (Wildman–Crippen LogP) is 3.15. The molecule has 0 spiro atoms. The molecule has 19 heavy (non-hydrogen) atoms. The summed E-state index contributed by atoms with van der Waals surface area (Å²) in [6.45, 7) is 0. The maximum Gasteiger partial charge on any atom is 0.184 e. The van der Waals surface area contributed by atoms with Crippen LogP contribution in [0, 0.1) is 17.5 Å². The summed E-state index contributed by atoms with van der Waals surface area (Å²) in [5.41, 5.74) is 5.51. The van der Waals surface area contributed by atoms with Gasteiger partial charge in [0, 0.05) is 12.1 Å². The first kappa shape index (κ1) is 13.8. The minimum absolute atomic E-state index is 0.0379. The van der Waals surface area contributed by atoms with Crippen LogP contribution in [0.2, 0.25) is 0 Å². The minimum atomic E-state index is -1.08. The summed E-state index contributed by atoms with van der Waals surface area (Å²) >= 11 is 2.02. The zero-order valence-corrected chi connectivity index (χ0v) is 11.6. The summed E-state index contributed by atoms with van der Waals surface area (Å²) in [7, 11) is 0. The molecule has 0 atom stereocenters. The van der Waals surface area contributed by atoms with Crippen molar-refractivity contribution < 1.29 is 13.2 Å². The van der Waals surface area contributed by atoms with Crippen LogP contribution in [0.1, 0.15) is 5.82 Å². The lowest BCUT2D eigenvalue weighted by Crippen LogP contribution is -2.04. The predicted molar refractivity (Wildman–Crippen MR) is 73.8 cm³/mol. The number of anilines is 3. The van der Waals surface area contributed by atoms with Crippen molar-refractivity contribution in [2.45, 2.75) is 4.43 Å². The number of alkyl halides is 1. The van der Waals surface area contributed by atoms with Crippen molar-refractivity contribution in [1.82, 2.24) is 9.97 Å². The number of hydrogen-bond donors (Lipinski definition) is 2. The van der Waals surface area contributed by atoms with Gasteiger partial charge < -0.3 is 11.1 Å². The summed E-state index contributed by atoms with van der Waals surface area (Å²) in [6, 6.07) is 1.66. The number of aromatic nitrogens is 2. The highest BCUT2D eigenvalue weighted by Gasteiger charge is 2.11. The fraction of sp³-hybridized carbons (Fsp3) is 0.0909. The molecule has 0 saturated heterocycles. The van der Waals surface area contributed by atoms with E-state index in [-0.39, 0.29) is 17.2 Å². The quantitative estimate of drug-likeness (QED) is 0.488. The van der Waals surface area contributed by atoms with Gasteiger partial charge in [-0.3, -0.25) is 0 Å². The second-order valence-electron chi connectivity index (χ2n) is 3.59. The van der Waals surface area contributed by atoms with Gasteiger partial charge in [-0.25, -0.2) is 23.1 Å². The maximum absolute atomic E-state index is 13.5. The van der Waals surface area contributed by atoms with Gasteiger partial charge in [0.05, 0.1) is 22.0 Å². The van der Waals surface area contributed by atoms with Crippen molar-refractivity contribution in [2.75, 3.05) is 11.1 Å². The van der Waals surface area contributed by atoms with Gasteiger partial charge in [0.1, 0.15) is 5.82 Å². The SMILES string of the molecule is Nc1cc(F)c(F)cc1Nc1nc(CI)ncc1F. The van der Waals surface area contributed by atoms with Crippen LogP contribution >= 0.6 is 22.6 Å². The molecular formula is C11H8F3IN4. The smallest absolute Gasteiger partial charge is 0.184 e. The van der Waals surface area contributed by atoms with Crippen molar-refractivity contribution in [3.63, 3.8) is 0 Å². The molecule has 2 rings (SSSR count). The van der Waals surface area contributed by atoms with E-state index in [1.165, 1.54) is 0 Å². The molecule has 1 aromatic carbocycles. The molecule has 8 heteroatoms. The topological polar surface area (TPSA) is 63.8 Å². The highest BCUT2D eigenvalue weighted by atomic mass is 127. The van der Waals surface area contributed by atoms with Crippen LogP contribution in [0.25, 0.3) is 0 Å². The summed E-state index contributed by atoms with van der Waals surface area (Å²) in [6.07, 6.45) is 0.999. The Morgan fingerprint density at radius 1 is 1.16 bits per heavy atom. The van der Waals surface area contributed by atoms with Crippen molar-refractivity contribution in [2.24, 2.45) is 0 Å². The van der Waals surface area contributed by atoms with Crippen molar-refractivity contribution in [1.29, 1.82) is 0 Å². The zero-order valence-electron chi connectivity index (χ0n) is 9.42. The van der Waals surface area contributed by atoms with E-state index >= 15 is 0 Å². The number of rotatable bonds is 3. The lowest BCUT2D eigenvalue weighted by molar-refractivity contribution is 0.509. The lowest BCUT2D eigenvalue weighted by Gasteiger charge is -2.10. The van der Waals surface area contributed by atoms with Crippen LogP contribution in [0.3, 0.4) is 0 Å². The van der Waals surface area contributed by atoms with E-state index in [2.05, 4.69) is 15.3 Å². The fourth-order valence-electron chi connectivity index (χ4n) is 1.35. The van der Waals surface area contributed by atoms with E-state index in [1.54, 1.807) is 0 Å². The Bertz CT molecular complexity index is 621. The molecule has 0 amide bonds. The molecule has 2 aromatic rings. The molecule has 0 radical (unpaired) electrons. The Morgan fingerprint density at radius 2 is 1.84 bits per heavy atom. The Kier molecular flexibility index (Phi) is 4.08. The number of nitrogens with two attached hydrogens (primary N) is 1. The van der Waals surface area contributed by atoms with E-state index in [0.717, 1.165) is 18.3 Å². The molecule has 0 fully saturated rings. The third-order valence-electron chi connectivity index (χ3n) is 2.26. The molecule has 1 heterocycles. The van der Waals surface area contributed by atoms with Gasteiger partial charge >= 0.3 is 0 Å². The number of halogens is 4. The fourth-order valence-corrected chi connectivity index (χ4v) is 1.72. The van der Waals surface area contributed by atoms with Gasteiger partial charge in [-0.2, -0.15) is 0 Å². The van der Waals surface area contributed by atoms with Crippen LogP contribution < -0.4 is 11.1 Å². The van der Waals surface area contributed by atoms with E-state index in [9.17, 15) is 13.2 Å². The van der Waals surface area contributed by atoms with Gasteiger partial charge in [0.25, 0.3) is 0 Å². The average molecular weight is 380 g/mol. The summed E-state index contributed by atoms with van der Waals surface area (Å²) in [5, 5.41) is 2.52. The zero-order chi connectivity index (χ0) is 14.0. The molecular weight excluding hydrogens is 372 g/mol. The standard InChI is InChI=1S/C11H8F3IN4/c12-5-1-8(16)9(2-6(5)13)18-11-7(14)4-17-10(3-15)19-11/h1-2,4H,3,16H2,(H,17,18,19). The molecule has 0 unspecified atom stereocenters. The number of benzene rings is 1.